The van der Waals surface area contributed by atoms with E-state index in [1.807, 2.05) is 48.5 Å². The Balaban J connectivity index is 1.76. The van der Waals surface area contributed by atoms with Gasteiger partial charge in [0.1, 0.15) is 12.4 Å². The van der Waals surface area contributed by atoms with Gasteiger partial charge in [0, 0.05) is 5.39 Å². The Morgan fingerprint density at radius 2 is 1.68 bits per heavy atom. The summed E-state index contributed by atoms with van der Waals surface area (Å²) in [4.78, 5) is 4.57. The van der Waals surface area contributed by atoms with Gasteiger partial charge in [0.05, 0.1) is 11.2 Å². The molecule has 0 spiro atoms. The summed E-state index contributed by atoms with van der Waals surface area (Å²) in [7, 11) is 0. The molecule has 3 aromatic rings. The summed E-state index contributed by atoms with van der Waals surface area (Å²) >= 11 is 0. The maximum atomic E-state index is 5.71. The van der Waals surface area contributed by atoms with Crippen molar-refractivity contribution < 1.29 is 4.74 Å². The normalized spacial score (nSPS) is 10.6. The number of fused-ring (bicyclic) bond motifs is 1. The third-order valence-electron chi connectivity index (χ3n) is 2.97. The predicted molar refractivity (Wildman–Crippen MR) is 77.0 cm³/mol. The largest absolute Gasteiger partial charge is 0.487 e. The topological polar surface area (TPSA) is 22.1 Å². The summed E-state index contributed by atoms with van der Waals surface area (Å²) in [6, 6.07) is 19.8. The van der Waals surface area contributed by atoms with Crippen LogP contribution in [0.2, 0.25) is 0 Å². The Hall–Kier alpha value is -2.35. The maximum absolute atomic E-state index is 5.71. The molecule has 0 atom stereocenters. The van der Waals surface area contributed by atoms with E-state index in [-0.39, 0.29) is 0 Å². The Labute approximate surface area is 112 Å². The predicted octanol–water partition coefficient (Wildman–Crippen LogP) is 4.00. The van der Waals surface area contributed by atoms with Gasteiger partial charge < -0.3 is 4.74 Å². The second-order valence-corrected chi connectivity index (χ2v) is 4.43. The van der Waals surface area contributed by atoms with E-state index in [9.17, 15) is 0 Å². The lowest BCUT2D eigenvalue weighted by Crippen LogP contribution is -1.98. The van der Waals surface area contributed by atoms with Crippen molar-refractivity contribution in [3.05, 3.63) is 78.8 Å². The number of aromatic nitrogens is 1. The van der Waals surface area contributed by atoms with Crippen molar-refractivity contribution in [3.63, 3.8) is 0 Å². The van der Waals surface area contributed by atoms with Crippen molar-refractivity contribution in [3.8, 4) is 5.75 Å². The molecule has 93 valence electrons. The monoisotopic (exact) mass is 248 g/mol. The minimum atomic E-state index is 0.474. The zero-order valence-electron chi connectivity index (χ0n) is 10.5. The number of rotatable bonds is 3. The van der Waals surface area contributed by atoms with Gasteiger partial charge in [0.2, 0.25) is 0 Å². The maximum Gasteiger partial charge on any atom is 0.130 e. The molecule has 2 nitrogen and oxygen atoms in total. The molecule has 2 aromatic carbocycles. The van der Waals surface area contributed by atoms with E-state index in [1.165, 1.54) is 0 Å². The van der Waals surface area contributed by atoms with E-state index < -0.39 is 0 Å². The van der Waals surface area contributed by atoms with E-state index in [0.717, 1.165) is 27.9 Å². The molecule has 0 saturated heterocycles. The number of hydrogen-bond donors (Lipinski definition) is 0. The number of para-hydroxylation sites is 1. The van der Waals surface area contributed by atoms with Crippen LogP contribution in [0, 0.1) is 6.92 Å². The van der Waals surface area contributed by atoms with Gasteiger partial charge in [-0.2, -0.15) is 0 Å². The standard InChI is InChI=1S/C17H14NO/c1-13-6-10-16(11-7-13)19-12-15-9-8-14-4-2-3-5-17(14)18-15/h2-11H,1,12H2. The first-order chi connectivity index (χ1) is 9.31. The average Bonchev–Trinajstić information content (AvgIpc) is 2.46. The highest BCUT2D eigenvalue weighted by Crippen LogP contribution is 2.15. The van der Waals surface area contributed by atoms with Gasteiger partial charge in [-0.05, 0) is 36.8 Å². The highest BCUT2D eigenvalue weighted by molar-refractivity contribution is 5.78. The highest BCUT2D eigenvalue weighted by Gasteiger charge is 1.99. The van der Waals surface area contributed by atoms with Crippen LogP contribution in [0.3, 0.4) is 0 Å². The number of hydrogen-bond acceptors (Lipinski definition) is 2. The fourth-order valence-corrected chi connectivity index (χ4v) is 1.93. The van der Waals surface area contributed by atoms with Crippen molar-refractivity contribution in [1.82, 2.24) is 4.98 Å². The second kappa shape index (κ2) is 5.11. The van der Waals surface area contributed by atoms with Crippen molar-refractivity contribution in [1.29, 1.82) is 0 Å². The molecular weight excluding hydrogens is 234 g/mol. The molecule has 0 amide bonds. The van der Waals surface area contributed by atoms with Crippen LogP contribution in [-0.4, -0.2) is 4.98 Å². The van der Waals surface area contributed by atoms with Crippen LogP contribution in [0.1, 0.15) is 11.3 Å². The van der Waals surface area contributed by atoms with E-state index in [1.54, 1.807) is 0 Å². The Morgan fingerprint density at radius 1 is 0.895 bits per heavy atom. The van der Waals surface area contributed by atoms with Crippen molar-refractivity contribution in [2.75, 3.05) is 0 Å². The smallest absolute Gasteiger partial charge is 0.130 e. The third-order valence-corrected chi connectivity index (χ3v) is 2.97. The molecule has 0 fully saturated rings. The first-order valence-corrected chi connectivity index (χ1v) is 6.21. The summed E-state index contributed by atoms with van der Waals surface area (Å²) in [6.45, 7) is 4.32. The third kappa shape index (κ3) is 2.74. The molecule has 2 heteroatoms. The summed E-state index contributed by atoms with van der Waals surface area (Å²) < 4.78 is 5.71. The highest BCUT2D eigenvalue weighted by atomic mass is 16.5. The van der Waals surface area contributed by atoms with Gasteiger partial charge in [0.25, 0.3) is 0 Å². The number of benzene rings is 2. The van der Waals surface area contributed by atoms with Crippen LogP contribution < -0.4 is 4.74 Å². The molecule has 19 heavy (non-hydrogen) atoms. The van der Waals surface area contributed by atoms with Crippen molar-refractivity contribution >= 4 is 10.9 Å². The Bertz CT molecular complexity index is 689. The summed E-state index contributed by atoms with van der Waals surface area (Å²) in [6.07, 6.45) is 0. The van der Waals surface area contributed by atoms with Gasteiger partial charge in [-0.25, -0.2) is 4.98 Å². The molecular formula is C17H14NO. The number of pyridine rings is 1. The lowest BCUT2D eigenvalue weighted by molar-refractivity contribution is 0.302. The van der Waals surface area contributed by atoms with Crippen molar-refractivity contribution in [2.45, 2.75) is 6.61 Å². The first-order valence-electron chi connectivity index (χ1n) is 6.21. The molecule has 0 aliphatic heterocycles. The minimum Gasteiger partial charge on any atom is -0.487 e. The Morgan fingerprint density at radius 3 is 2.53 bits per heavy atom. The molecule has 0 N–H and O–H groups in total. The molecule has 1 radical (unpaired) electrons. The van der Waals surface area contributed by atoms with Crippen LogP contribution >= 0.6 is 0 Å². The number of ether oxygens (including phenoxy) is 1. The van der Waals surface area contributed by atoms with Crippen LogP contribution in [0.5, 0.6) is 5.75 Å². The van der Waals surface area contributed by atoms with Crippen molar-refractivity contribution in [2.24, 2.45) is 0 Å². The molecule has 0 aliphatic carbocycles. The van der Waals surface area contributed by atoms with Gasteiger partial charge in [0.15, 0.2) is 0 Å². The fourth-order valence-electron chi connectivity index (χ4n) is 1.93. The lowest BCUT2D eigenvalue weighted by atomic mass is 10.2. The van der Waals surface area contributed by atoms with Crippen LogP contribution in [-0.2, 0) is 6.61 Å². The summed E-state index contributed by atoms with van der Waals surface area (Å²) in [5.41, 5.74) is 2.91. The van der Waals surface area contributed by atoms with E-state index in [2.05, 4.69) is 24.0 Å². The molecule has 0 bridgehead atoms. The van der Waals surface area contributed by atoms with Gasteiger partial charge in [-0.15, -0.1) is 0 Å². The SMILES string of the molecule is [CH2]c1ccc(OCc2ccc3ccccc3n2)cc1. The quantitative estimate of drug-likeness (QED) is 0.699. The van der Waals surface area contributed by atoms with E-state index >= 15 is 0 Å². The fraction of sp³-hybridized carbons (Fsp3) is 0.0588. The van der Waals surface area contributed by atoms with Crippen LogP contribution in [0.15, 0.2) is 60.7 Å². The van der Waals surface area contributed by atoms with Gasteiger partial charge >= 0.3 is 0 Å². The van der Waals surface area contributed by atoms with Gasteiger partial charge in [-0.1, -0.05) is 36.4 Å². The molecule has 3 rings (SSSR count). The first kappa shape index (κ1) is 11.7. The summed E-state index contributed by atoms with van der Waals surface area (Å²) in [5, 5.41) is 1.15. The lowest BCUT2D eigenvalue weighted by Gasteiger charge is -2.06. The van der Waals surface area contributed by atoms with E-state index in [0.29, 0.717) is 6.61 Å². The zero-order valence-corrected chi connectivity index (χ0v) is 10.5. The van der Waals surface area contributed by atoms with E-state index in [4.69, 9.17) is 4.74 Å². The zero-order chi connectivity index (χ0) is 13.1. The van der Waals surface area contributed by atoms with Crippen LogP contribution in [0.25, 0.3) is 10.9 Å². The molecule has 0 saturated carbocycles. The minimum absolute atomic E-state index is 0.474. The molecule has 1 aromatic heterocycles. The molecule has 0 aliphatic rings. The van der Waals surface area contributed by atoms with Gasteiger partial charge in [-0.3, -0.25) is 0 Å². The summed E-state index contributed by atoms with van der Waals surface area (Å²) in [5.74, 6) is 0.836. The van der Waals surface area contributed by atoms with Crippen LogP contribution in [0.4, 0.5) is 0 Å². The number of nitrogens with zero attached hydrogens (tertiary/aromatic N) is 1. The second-order valence-electron chi connectivity index (χ2n) is 4.43. The Kier molecular flexibility index (Phi) is 3.15. The molecule has 0 unspecified atom stereocenters. The average molecular weight is 248 g/mol. The molecule has 1 heterocycles.